The number of aliphatic carboxylic acids is 2. The molecule has 6 heteroatoms. The largest absolute Gasteiger partial charge is 0.493 e. The number of carboxylic acid groups (broad SMARTS) is 2. The monoisotopic (exact) mass is 362 g/mol. The standard InChI is InChI=1S/C20H26O6/c1-9-12-10(2)16(19(4,5)6)20(17(21)22,18(23)24)13(12)11(3)15(26-8)14(9)25-7/h1-8H3,(H,21,22)(H,23,24). The molecule has 1 aromatic rings. The number of hydrogen-bond donors (Lipinski definition) is 2. The zero-order valence-electron chi connectivity index (χ0n) is 16.5. The van der Waals surface area contributed by atoms with E-state index in [1.54, 1.807) is 20.8 Å². The van der Waals surface area contributed by atoms with E-state index in [-0.39, 0.29) is 5.56 Å². The molecule has 0 fully saturated rings. The smallest absolute Gasteiger partial charge is 0.329 e. The molecule has 0 saturated carbocycles. The van der Waals surface area contributed by atoms with E-state index in [4.69, 9.17) is 9.47 Å². The van der Waals surface area contributed by atoms with E-state index in [2.05, 4.69) is 0 Å². The Labute approximate surface area is 153 Å². The van der Waals surface area contributed by atoms with Crippen LogP contribution in [0.25, 0.3) is 5.57 Å². The van der Waals surface area contributed by atoms with Crippen LogP contribution in [0.5, 0.6) is 11.5 Å². The third kappa shape index (κ3) is 2.24. The van der Waals surface area contributed by atoms with Crippen molar-refractivity contribution in [3.63, 3.8) is 0 Å². The van der Waals surface area contributed by atoms with Crippen LogP contribution in [-0.4, -0.2) is 36.4 Å². The Morgan fingerprint density at radius 2 is 1.31 bits per heavy atom. The van der Waals surface area contributed by atoms with Crippen LogP contribution in [0.4, 0.5) is 0 Å². The molecule has 0 saturated heterocycles. The van der Waals surface area contributed by atoms with Crippen LogP contribution in [0.15, 0.2) is 5.57 Å². The molecule has 1 aliphatic rings. The zero-order valence-corrected chi connectivity index (χ0v) is 16.5. The molecule has 1 aromatic carbocycles. The molecular formula is C20H26O6. The molecule has 6 nitrogen and oxygen atoms in total. The van der Waals surface area contributed by atoms with Crippen LogP contribution in [0, 0.1) is 19.3 Å². The molecule has 1 aliphatic carbocycles. The molecule has 26 heavy (non-hydrogen) atoms. The number of fused-ring (bicyclic) bond motifs is 1. The molecule has 2 N–H and O–H groups in total. The number of carboxylic acids is 2. The Bertz CT molecular complexity index is 825. The van der Waals surface area contributed by atoms with E-state index in [9.17, 15) is 19.8 Å². The SMILES string of the molecule is COc1c(C)c2c(c(C)c1OC)C(C(=O)O)(C(=O)O)C(C(C)(C)C)=C2C. The van der Waals surface area contributed by atoms with Crippen LogP contribution < -0.4 is 9.47 Å². The molecule has 0 spiro atoms. The van der Waals surface area contributed by atoms with E-state index in [1.807, 2.05) is 20.8 Å². The number of hydrogen-bond acceptors (Lipinski definition) is 4. The Kier molecular flexibility index (Phi) is 4.60. The highest BCUT2D eigenvalue weighted by Gasteiger charge is 2.61. The molecule has 0 heterocycles. The first-order valence-electron chi connectivity index (χ1n) is 8.33. The lowest BCUT2D eigenvalue weighted by Gasteiger charge is -2.34. The van der Waals surface area contributed by atoms with Crippen molar-refractivity contribution in [1.82, 2.24) is 0 Å². The summed E-state index contributed by atoms with van der Waals surface area (Å²) in [5.74, 6) is -1.95. The summed E-state index contributed by atoms with van der Waals surface area (Å²) in [6, 6.07) is 0. The summed E-state index contributed by atoms with van der Waals surface area (Å²) in [6.45, 7) is 10.8. The molecule has 2 rings (SSSR count). The number of allylic oxidation sites excluding steroid dienone is 1. The van der Waals surface area contributed by atoms with Gasteiger partial charge in [0.25, 0.3) is 0 Å². The van der Waals surface area contributed by atoms with Crippen molar-refractivity contribution in [2.75, 3.05) is 14.2 Å². The van der Waals surface area contributed by atoms with Crippen LogP contribution in [-0.2, 0) is 15.0 Å². The van der Waals surface area contributed by atoms with Gasteiger partial charge in [0.15, 0.2) is 11.5 Å². The summed E-state index contributed by atoms with van der Waals surface area (Å²) in [5, 5.41) is 20.3. The van der Waals surface area contributed by atoms with Gasteiger partial charge in [0, 0.05) is 11.1 Å². The molecule has 0 atom stereocenters. The van der Waals surface area contributed by atoms with Crippen LogP contribution in [0.1, 0.15) is 49.9 Å². The second-order valence-electron chi connectivity index (χ2n) is 7.68. The number of rotatable bonds is 4. The highest BCUT2D eigenvalue weighted by molar-refractivity contribution is 6.15. The maximum atomic E-state index is 12.5. The third-order valence-electron chi connectivity index (χ3n) is 5.19. The fraction of sp³-hybridized carbons (Fsp3) is 0.500. The first kappa shape index (κ1) is 19.8. The Morgan fingerprint density at radius 3 is 1.65 bits per heavy atom. The predicted molar refractivity (Wildman–Crippen MR) is 98.0 cm³/mol. The van der Waals surface area contributed by atoms with Crippen molar-refractivity contribution < 1.29 is 29.3 Å². The molecule has 0 aromatic heterocycles. The number of benzene rings is 1. The second kappa shape index (κ2) is 6.04. The first-order valence-corrected chi connectivity index (χ1v) is 8.33. The molecule has 0 radical (unpaired) electrons. The highest BCUT2D eigenvalue weighted by Crippen LogP contribution is 2.58. The molecule has 0 unspecified atom stereocenters. The van der Waals surface area contributed by atoms with Crippen molar-refractivity contribution in [2.24, 2.45) is 5.41 Å². The molecule has 142 valence electrons. The highest BCUT2D eigenvalue weighted by atomic mass is 16.5. The minimum absolute atomic E-state index is 0.259. The van der Waals surface area contributed by atoms with Gasteiger partial charge < -0.3 is 19.7 Å². The fourth-order valence-corrected chi connectivity index (χ4v) is 4.55. The van der Waals surface area contributed by atoms with E-state index in [0.29, 0.717) is 39.3 Å². The van der Waals surface area contributed by atoms with Gasteiger partial charge in [-0.25, -0.2) is 0 Å². The molecule has 0 amide bonds. The predicted octanol–water partition coefficient (Wildman–Crippen LogP) is 3.56. The maximum absolute atomic E-state index is 12.5. The summed E-state index contributed by atoms with van der Waals surface area (Å²) >= 11 is 0. The van der Waals surface area contributed by atoms with Crippen LogP contribution >= 0.6 is 0 Å². The lowest BCUT2D eigenvalue weighted by atomic mass is 9.66. The number of ether oxygens (including phenoxy) is 2. The molecular weight excluding hydrogens is 336 g/mol. The minimum Gasteiger partial charge on any atom is -0.493 e. The van der Waals surface area contributed by atoms with Crippen molar-refractivity contribution in [1.29, 1.82) is 0 Å². The Morgan fingerprint density at radius 1 is 0.885 bits per heavy atom. The van der Waals surface area contributed by atoms with Gasteiger partial charge >= 0.3 is 11.9 Å². The number of methoxy groups -OCH3 is 2. The van der Waals surface area contributed by atoms with Crippen molar-refractivity contribution in [3.05, 3.63) is 27.8 Å². The summed E-state index contributed by atoms with van der Waals surface area (Å²) in [4.78, 5) is 24.9. The van der Waals surface area contributed by atoms with Crippen molar-refractivity contribution in [3.8, 4) is 11.5 Å². The van der Waals surface area contributed by atoms with Gasteiger partial charge in [0.1, 0.15) is 0 Å². The average molecular weight is 362 g/mol. The quantitative estimate of drug-likeness (QED) is 0.796. The lowest BCUT2D eigenvalue weighted by molar-refractivity contribution is -0.155. The summed E-state index contributed by atoms with van der Waals surface area (Å²) in [6.07, 6.45) is 0. The normalized spacial score (nSPS) is 15.7. The van der Waals surface area contributed by atoms with Crippen LogP contribution in [0.3, 0.4) is 0 Å². The number of carbonyl (C=O) groups is 2. The van der Waals surface area contributed by atoms with Gasteiger partial charge in [0.05, 0.1) is 14.2 Å². The van der Waals surface area contributed by atoms with Gasteiger partial charge in [-0.1, -0.05) is 20.8 Å². The van der Waals surface area contributed by atoms with E-state index in [0.717, 1.165) is 0 Å². The molecule has 0 bridgehead atoms. The van der Waals surface area contributed by atoms with Crippen molar-refractivity contribution >= 4 is 17.5 Å². The van der Waals surface area contributed by atoms with Gasteiger partial charge in [-0.3, -0.25) is 9.59 Å². The summed E-state index contributed by atoms with van der Waals surface area (Å²) in [5.41, 5.74) is 0.234. The first-order chi connectivity index (χ1) is 11.9. The third-order valence-corrected chi connectivity index (χ3v) is 5.19. The van der Waals surface area contributed by atoms with E-state index >= 15 is 0 Å². The molecule has 0 aliphatic heterocycles. The Hall–Kier alpha value is -2.50. The van der Waals surface area contributed by atoms with Gasteiger partial charge in [-0.2, -0.15) is 0 Å². The van der Waals surface area contributed by atoms with Gasteiger partial charge in [-0.05, 0) is 48.5 Å². The fourth-order valence-electron chi connectivity index (χ4n) is 4.55. The summed E-state index contributed by atoms with van der Waals surface area (Å²) in [7, 11) is 2.97. The summed E-state index contributed by atoms with van der Waals surface area (Å²) < 4.78 is 10.9. The second-order valence-corrected chi connectivity index (χ2v) is 7.68. The minimum atomic E-state index is -2.16. The Balaban J connectivity index is 3.20. The zero-order chi connectivity index (χ0) is 20.2. The topological polar surface area (TPSA) is 93.1 Å². The average Bonchev–Trinajstić information content (AvgIpc) is 2.81. The lowest BCUT2D eigenvalue weighted by Crippen LogP contribution is -2.47. The van der Waals surface area contributed by atoms with Crippen LogP contribution in [0.2, 0.25) is 0 Å². The van der Waals surface area contributed by atoms with Gasteiger partial charge in [-0.15, -0.1) is 0 Å². The van der Waals surface area contributed by atoms with E-state index in [1.165, 1.54) is 14.2 Å². The van der Waals surface area contributed by atoms with Gasteiger partial charge in [0.2, 0.25) is 5.41 Å². The maximum Gasteiger partial charge on any atom is 0.329 e. The van der Waals surface area contributed by atoms with E-state index < -0.39 is 22.8 Å². The van der Waals surface area contributed by atoms with Crippen molar-refractivity contribution in [2.45, 2.75) is 47.0 Å².